The maximum absolute atomic E-state index is 12.0. The van der Waals surface area contributed by atoms with Crippen molar-refractivity contribution in [1.29, 1.82) is 0 Å². The van der Waals surface area contributed by atoms with Gasteiger partial charge >= 0.3 is 0 Å². The van der Waals surface area contributed by atoms with Gasteiger partial charge in [-0.15, -0.1) is 0 Å². The van der Waals surface area contributed by atoms with Crippen molar-refractivity contribution >= 4 is 33.5 Å². The van der Waals surface area contributed by atoms with Crippen molar-refractivity contribution in [3.8, 4) is 17.0 Å². The number of amides is 1. The summed E-state index contributed by atoms with van der Waals surface area (Å²) in [5.74, 6) is 1.05. The molecule has 1 atom stereocenters. The molecule has 198 valence electrons. The second-order valence-electron chi connectivity index (χ2n) is 10.2. The number of carbonyl (C=O) groups is 1. The van der Waals surface area contributed by atoms with E-state index in [2.05, 4.69) is 75.6 Å². The smallest absolute Gasteiger partial charge is 0.219 e. The van der Waals surface area contributed by atoms with Gasteiger partial charge in [-0.1, -0.05) is 18.2 Å². The monoisotopic (exact) mass is 520 g/mol. The molecule has 1 amide bonds. The molecule has 0 spiro atoms. The molecule has 1 saturated heterocycles. The van der Waals surface area contributed by atoms with Crippen molar-refractivity contribution in [3.63, 3.8) is 0 Å². The molecular weight excluding hydrogens is 488 g/mol. The Hall–Kier alpha value is -4.46. The summed E-state index contributed by atoms with van der Waals surface area (Å²) < 4.78 is 7.44. The normalized spacial score (nSPS) is 15.0. The number of likely N-dealkylation sites (tertiary alicyclic amines) is 1. The maximum atomic E-state index is 12.0. The average Bonchev–Trinajstić information content (AvgIpc) is 3.35. The third kappa shape index (κ3) is 4.90. The molecule has 1 aliphatic rings. The number of pyridine rings is 1. The SMILES string of the molecule is COc1ccc(C(Nc2cc(-c3ccc4ccn(C)c4c3)c3nccnc3c2)C2CCN(C(C)=O)CC2)cn1. The number of aryl methyl sites for hydroxylation is 1. The van der Waals surface area contributed by atoms with E-state index in [1.54, 1.807) is 26.4 Å². The van der Waals surface area contributed by atoms with Crippen LogP contribution in [0, 0.1) is 5.92 Å². The number of methoxy groups -OCH3 is 1. The third-order valence-corrected chi connectivity index (χ3v) is 7.88. The highest BCUT2D eigenvalue weighted by atomic mass is 16.5. The fraction of sp³-hybridized carbons (Fsp3) is 0.290. The highest BCUT2D eigenvalue weighted by Gasteiger charge is 2.29. The van der Waals surface area contributed by atoms with E-state index in [1.165, 1.54) is 10.9 Å². The number of fused-ring (bicyclic) bond motifs is 2. The first-order chi connectivity index (χ1) is 19.0. The number of benzene rings is 2. The number of hydrogen-bond donors (Lipinski definition) is 1. The van der Waals surface area contributed by atoms with Gasteiger partial charge in [0.05, 0.1) is 24.2 Å². The molecule has 1 N–H and O–H groups in total. The summed E-state index contributed by atoms with van der Waals surface area (Å²) in [6.45, 7) is 3.16. The molecule has 2 aromatic carbocycles. The van der Waals surface area contributed by atoms with Crippen molar-refractivity contribution < 1.29 is 9.53 Å². The summed E-state index contributed by atoms with van der Waals surface area (Å²) in [6.07, 6.45) is 9.27. The molecule has 6 rings (SSSR count). The number of nitrogens with one attached hydrogen (secondary N) is 1. The largest absolute Gasteiger partial charge is 0.481 e. The second-order valence-corrected chi connectivity index (χ2v) is 10.2. The van der Waals surface area contributed by atoms with Gasteiger partial charge in [0.15, 0.2) is 0 Å². The van der Waals surface area contributed by atoms with Crippen LogP contribution in [0.25, 0.3) is 33.1 Å². The fourth-order valence-electron chi connectivity index (χ4n) is 5.71. The zero-order valence-corrected chi connectivity index (χ0v) is 22.5. The average molecular weight is 521 g/mol. The first-order valence-electron chi connectivity index (χ1n) is 13.3. The van der Waals surface area contributed by atoms with Crippen molar-refractivity contribution in [1.82, 2.24) is 24.4 Å². The minimum absolute atomic E-state index is 0.00911. The van der Waals surface area contributed by atoms with Crippen LogP contribution in [0.5, 0.6) is 5.88 Å². The Morgan fingerprint density at radius 3 is 2.59 bits per heavy atom. The predicted molar refractivity (Wildman–Crippen MR) is 154 cm³/mol. The Morgan fingerprint density at radius 2 is 1.85 bits per heavy atom. The molecule has 0 radical (unpaired) electrons. The zero-order valence-electron chi connectivity index (χ0n) is 22.5. The van der Waals surface area contributed by atoms with Gasteiger partial charge in [-0.3, -0.25) is 14.8 Å². The lowest BCUT2D eigenvalue weighted by molar-refractivity contribution is -0.130. The molecular formula is C31H32N6O2. The van der Waals surface area contributed by atoms with E-state index in [4.69, 9.17) is 9.72 Å². The van der Waals surface area contributed by atoms with Crippen molar-refractivity contribution in [3.05, 3.63) is 78.9 Å². The Kier molecular flexibility index (Phi) is 6.60. The molecule has 1 unspecified atom stereocenters. The van der Waals surface area contributed by atoms with Crippen LogP contribution in [0.4, 0.5) is 5.69 Å². The Balaban J connectivity index is 1.41. The highest BCUT2D eigenvalue weighted by molar-refractivity contribution is 5.97. The van der Waals surface area contributed by atoms with Crippen LogP contribution < -0.4 is 10.1 Å². The van der Waals surface area contributed by atoms with E-state index in [1.807, 2.05) is 17.2 Å². The zero-order chi connectivity index (χ0) is 26.9. The third-order valence-electron chi connectivity index (χ3n) is 7.88. The summed E-state index contributed by atoms with van der Waals surface area (Å²) in [7, 11) is 3.69. The van der Waals surface area contributed by atoms with Crippen LogP contribution in [-0.2, 0) is 11.8 Å². The number of anilines is 1. The molecule has 4 heterocycles. The number of ether oxygens (including phenoxy) is 1. The lowest BCUT2D eigenvalue weighted by Gasteiger charge is -2.36. The number of rotatable bonds is 6. The second kappa shape index (κ2) is 10.4. The fourth-order valence-corrected chi connectivity index (χ4v) is 5.71. The van der Waals surface area contributed by atoms with Gasteiger partial charge in [-0.05, 0) is 59.5 Å². The van der Waals surface area contributed by atoms with E-state index < -0.39 is 0 Å². The highest BCUT2D eigenvalue weighted by Crippen LogP contribution is 2.37. The van der Waals surface area contributed by atoms with Crippen LogP contribution in [-0.4, -0.2) is 50.5 Å². The molecule has 39 heavy (non-hydrogen) atoms. The summed E-state index contributed by atoms with van der Waals surface area (Å²) >= 11 is 0. The van der Waals surface area contributed by atoms with Gasteiger partial charge in [-0.2, -0.15) is 0 Å². The number of carbonyl (C=O) groups excluding carboxylic acids is 1. The van der Waals surface area contributed by atoms with Crippen LogP contribution in [0.1, 0.15) is 31.4 Å². The van der Waals surface area contributed by atoms with E-state index >= 15 is 0 Å². The van der Waals surface area contributed by atoms with Crippen molar-refractivity contribution in [2.75, 3.05) is 25.5 Å². The summed E-state index contributed by atoms with van der Waals surface area (Å²) in [5, 5.41) is 5.04. The topological polar surface area (TPSA) is 85.2 Å². The molecule has 0 aliphatic carbocycles. The number of piperidine rings is 1. The molecule has 0 bridgehead atoms. The van der Waals surface area contributed by atoms with Gasteiger partial charge in [0.1, 0.15) is 0 Å². The number of aromatic nitrogens is 4. The Bertz CT molecular complexity index is 1640. The standard InChI is InChI=1S/C31H32N6O2/c1-20(38)37-14-9-22(10-15-37)30(24-6-7-29(39-3)34-19-24)35-25-17-26(31-27(18-25)32-11-12-33-31)23-5-4-21-8-13-36(2)28(21)16-23/h4-8,11-13,16-19,22,30,35H,9-10,14-15H2,1-3H3. The molecule has 1 fully saturated rings. The van der Waals surface area contributed by atoms with E-state index in [9.17, 15) is 4.79 Å². The van der Waals surface area contributed by atoms with Gasteiger partial charge in [-0.25, -0.2) is 4.98 Å². The Morgan fingerprint density at radius 1 is 1.03 bits per heavy atom. The van der Waals surface area contributed by atoms with Crippen LogP contribution in [0.2, 0.25) is 0 Å². The first kappa shape index (κ1) is 24.9. The quantitative estimate of drug-likeness (QED) is 0.314. The van der Waals surface area contributed by atoms with Crippen LogP contribution >= 0.6 is 0 Å². The number of nitrogens with zero attached hydrogens (tertiary/aromatic N) is 5. The molecule has 0 saturated carbocycles. The van der Waals surface area contributed by atoms with Crippen molar-refractivity contribution in [2.45, 2.75) is 25.8 Å². The van der Waals surface area contributed by atoms with E-state index in [0.29, 0.717) is 11.8 Å². The number of hydrogen-bond acceptors (Lipinski definition) is 6. The van der Waals surface area contributed by atoms with Gasteiger partial charge in [0.2, 0.25) is 11.8 Å². The first-order valence-corrected chi connectivity index (χ1v) is 13.3. The summed E-state index contributed by atoms with van der Waals surface area (Å²) in [4.78, 5) is 27.8. The summed E-state index contributed by atoms with van der Waals surface area (Å²) in [6, 6.07) is 16.9. The minimum Gasteiger partial charge on any atom is -0.481 e. The molecule has 5 aromatic rings. The molecule has 1 aliphatic heterocycles. The molecule has 8 heteroatoms. The van der Waals surface area contributed by atoms with Gasteiger partial charge in [0, 0.05) is 74.7 Å². The lowest BCUT2D eigenvalue weighted by atomic mass is 9.85. The van der Waals surface area contributed by atoms with Gasteiger partial charge in [0.25, 0.3) is 0 Å². The summed E-state index contributed by atoms with van der Waals surface area (Å²) in [5.41, 5.74) is 7.06. The van der Waals surface area contributed by atoms with Crippen LogP contribution in [0.3, 0.4) is 0 Å². The minimum atomic E-state index is 0.00911. The Labute approximate surface area is 227 Å². The molecule has 3 aromatic heterocycles. The predicted octanol–water partition coefficient (Wildman–Crippen LogP) is 5.60. The van der Waals surface area contributed by atoms with Crippen molar-refractivity contribution in [2.24, 2.45) is 13.0 Å². The lowest BCUT2D eigenvalue weighted by Crippen LogP contribution is -2.39. The van der Waals surface area contributed by atoms with Crippen LogP contribution in [0.15, 0.2) is 73.3 Å². The van der Waals surface area contributed by atoms with E-state index in [0.717, 1.165) is 59.3 Å². The molecule has 8 nitrogen and oxygen atoms in total. The van der Waals surface area contributed by atoms with Gasteiger partial charge < -0.3 is 19.5 Å². The van der Waals surface area contributed by atoms with E-state index in [-0.39, 0.29) is 11.9 Å². The maximum Gasteiger partial charge on any atom is 0.219 e.